The maximum absolute atomic E-state index is 12.1. The van der Waals surface area contributed by atoms with Gasteiger partial charge < -0.3 is 4.74 Å². The molecular formula is C24H30O2. The summed E-state index contributed by atoms with van der Waals surface area (Å²) in [6.07, 6.45) is 5.61. The summed E-state index contributed by atoms with van der Waals surface area (Å²) >= 11 is 0. The molecule has 2 nitrogen and oxygen atoms in total. The van der Waals surface area contributed by atoms with Crippen molar-refractivity contribution >= 4 is 5.97 Å². The van der Waals surface area contributed by atoms with Crippen molar-refractivity contribution < 1.29 is 9.53 Å². The number of esters is 1. The van der Waals surface area contributed by atoms with E-state index in [1.807, 2.05) is 26.8 Å². The van der Waals surface area contributed by atoms with Gasteiger partial charge in [0.1, 0.15) is 5.75 Å². The minimum absolute atomic E-state index is 0.181. The third-order valence-electron chi connectivity index (χ3n) is 5.24. The van der Waals surface area contributed by atoms with Crippen LogP contribution in [0.2, 0.25) is 0 Å². The average molecular weight is 351 g/mol. The predicted molar refractivity (Wildman–Crippen MR) is 107 cm³/mol. The number of aryl methyl sites for hydroxylation is 2. The van der Waals surface area contributed by atoms with Crippen molar-refractivity contribution in [1.29, 1.82) is 0 Å². The Morgan fingerprint density at radius 3 is 2.62 bits per heavy atom. The van der Waals surface area contributed by atoms with E-state index in [2.05, 4.69) is 43.3 Å². The number of hydrogen-bond donors (Lipinski definition) is 0. The molecule has 26 heavy (non-hydrogen) atoms. The van der Waals surface area contributed by atoms with E-state index in [0.29, 0.717) is 11.7 Å². The fraction of sp³-hybridized carbons (Fsp3) is 0.458. The highest BCUT2D eigenvalue weighted by Gasteiger charge is 2.25. The lowest BCUT2D eigenvalue weighted by Gasteiger charge is -2.27. The Kier molecular flexibility index (Phi) is 5.50. The standard InChI is InChI=1S/C24H30O2/c1-5-8-17-9-6-7-10-22(17)20-12-11-19-16-21(14-13-18(19)15-20)26-23(25)24(2,3)4/h6-7,9-10,13-14,16,20H,5,8,11-12,15H2,1-4H3. The molecule has 1 aliphatic carbocycles. The maximum atomic E-state index is 12.1. The van der Waals surface area contributed by atoms with E-state index >= 15 is 0 Å². The highest BCUT2D eigenvalue weighted by molar-refractivity contribution is 5.77. The molecule has 138 valence electrons. The zero-order chi connectivity index (χ0) is 18.7. The summed E-state index contributed by atoms with van der Waals surface area (Å²) in [6.45, 7) is 7.89. The second-order valence-electron chi connectivity index (χ2n) is 8.46. The lowest BCUT2D eigenvalue weighted by molar-refractivity contribution is -0.143. The van der Waals surface area contributed by atoms with Gasteiger partial charge in [0.15, 0.2) is 0 Å². The topological polar surface area (TPSA) is 26.3 Å². The van der Waals surface area contributed by atoms with Gasteiger partial charge in [0.05, 0.1) is 5.41 Å². The van der Waals surface area contributed by atoms with E-state index in [0.717, 1.165) is 25.7 Å². The van der Waals surface area contributed by atoms with Gasteiger partial charge in [0.25, 0.3) is 0 Å². The summed E-state index contributed by atoms with van der Waals surface area (Å²) < 4.78 is 5.57. The molecular weight excluding hydrogens is 320 g/mol. The fourth-order valence-corrected chi connectivity index (χ4v) is 3.75. The van der Waals surface area contributed by atoms with Crippen molar-refractivity contribution in [2.75, 3.05) is 0 Å². The zero-order valence-electron chi connectivity index (χ0n) is 16.5. The van der Waals surface area contributed by atoms with Crippen LogP contribution in [0.15, 0.2) is 42.5 Å². The lowest BCUT2D eigenvalue weighted by Crippen LogP contribution is -2.25. The Balaban J connectivity index is 1.77. The van der Waals surface area contributed by atoms with Crippen LogP contribution < -0.4 is 4.74 Å². The van der Waals surface area contributed by atoms with E-state index < -0.39 is 5.41 Å². The van der Waals surface area contributed by atoms with Crippen LogP contribution in [-0.2, 0) is 24.1 Å². The van der Waals surface area contributed by atoms with Gasteiger partial charge in [0, 0.05) is 0 Å². The van der Waals surface area contributed by atoms with Gasteiger partial charge in [0.2, 0.25) is 0 Å². The van der Waals surface area contributed by atoms with Crippen LogP contribution in [0.5, 0.6) is 5.75 Å². The summed E-state index contributed by atoms with van der Waals surface area (Å²) in [5.41, 5.74) is 5.25. The SMILES string of the molecule is CCCc1ccccc1C1CCc2cc(OC(=O)C(C)(C)C)ccc2C1. The maximum Gasteiger partial charge on any atom is 0.316 e. The molecule has 0 spiro atoms. The van der Waals surface area contributed by atoms with E-state index in [4.69, 9.17) is 4.74 Å². The second kappa shape index (κ2) is 7.65. The molecule has 1 unspecified atom stereocenters. The quantitative estimate of drug-likeness (QED) is 0.510. The molecule has 0 fully saturated rings. The van der Waals surface area contributed by atoms with Crippen LogP contribution in [0.3, 0.4) is 0 Å². The van der Waals surface area contributed by atoms with Crippen molar-refractivity contribution in [3.05, 3.63) is 64.7 Å². The first-order valence-corrected chi connectivity index (χ1v) is 9.80. The molecule has 0 saturated carbocycles. The van der Waals surface area contributed by atoms with Crippen molar-refractivity contribution in [2.24, 2.45) is 5.41 Å². The molecule has 1 atom stereocenters. The first kappa shape index (κ1) is 18.7. The molecule has 0 heterocycles. The molecule has 3 rings (SSSR count). The Morgan fingerprint density at radius 2 is 1.88 bits per heavy atom. The van der Waals surface area contributed by atoms with Gasteiger partial charge in [-0.1, -0.05) is 43.7 Å². The largest absolute Gasteiger partial charge is 0.426 e. The Morgan fingerprint density at radius 1 is 1.12 bits per heavy atom. The van der Waals surface area contributed by atoms with Gasteiger partial charge in [-0.3, -0.25) is 4.79 Å². The highest BCUT2D eigenvalue weighted by atomic mass is 16.5. The molecule has 0 amide bonds. The van der Waals surface area contributed by atoms with Crippen molar-refractivity contribution in [3.8, 4) is 5.75 Å². The van der Waals surface area contributed by atoms with E-state index in [1.54, 1.807) is 0 Å². The summed E-state index contributed by atoms with van der Waals surface area (Å²) in [4.78, 5) is 12.1. The van der Waals surface area contributed by atoms with Gasteiger partial charge in [-0.15, -0.1) is 0 Å². The number of ether oxygens (including phenoxy) is 1. The minimum Gasteiger partial charge on any atom is -0.426 e. The molecule has 2 aromatic carbocycles. The van der Waals surface area contributed by atoms with Crippen molar-refractivity contribution in [2.45, 2.75) is 65.7 Å². The number of carbonyl (C=O) groups is 1. The monoisotopic (exact) mass is 350 g/mol. The van der Waals surface area contributed by atoms with E-state index in [-0.39, 0.29) is 5.97 Å². The number of hydrogen-bond acceptors (Lipinski definition) is 2. The lowest BCUT2D eigenvalue weighted by atomic mass is 9.78. The first-order valence-electron chi connectivity index (χ1n) is 9.80. The number of rotatable bonds is 4. The molecule has 0 saturated heterocycles. The van der Waals surface area contributed by atoms with Crippen molar-refractivity contribution in [1.82, 2.24) is 0 Å². The Hall–Kier alpha value is -2.09. The normalized spacial score (nSPS) is 16.8. The molecule has 1 aliphatic rings. The molecule has 0 radical (unpaired) electrons. The third kappa shape index (κ3) is 4.17. The van der Waals surface area contributed by atoms with Crippen molar-refractivity contribution in [3.63, 3.8) is 0 Å². The minimum atomic E-state index is -0.482. The molecule has 2 aromatic rings. The second-order valence-corrected chi connectivity index (χ2v) is 8.46. The smallest absolute Gasteiger partial charge is 0.316 e. The van der Waals surface area contributed by atoms with Crippen LogP contribution in [-0.4, -0.2) is 5.97 Å². The third-order valence-corrected chi connectivity index (χ3v) is 5.24. The van der Waals surface area contributed by atoms with Crippen LogP contribution in [0.25, 0.3) is 0 Å². The fourth-order valence-electron chi connectivity index (χ4n) is 3.75. The molecule has 2 heteroatoms. The van der Waals surface area contributed by atoms with Gasteiger partial charge in [-0.2, -0.15) is 0 Å². The summed E-state index contributed by atoms with van der Waals surface area (Å²) in [5.74, 6) is 1.08. The van der Waals surface area contributed by atoms with Gasteiger partial charge in [-0.25, -0.2) is 0 Å². The zero-order valence-corrected chi connectivity index (χ0v) is 16.5. The van der Waals surface area contributed by atoms with Crippen LogP contribution >= 0.6 is 0 Å². The first-order chi connectivity index (χ1) is 12.4. The molecule has 0 bridgehead atoms. The summed E-state index contributed by atoms with van der Waals surface area (Å²) in [6, 6.07) is 15.1. The summed E-state index contributed by atoms with van der Waals surface area (Å²) in [5, 5.41) is 0. The Labute approximate surface area is 157 Å². The van der Waals surface area contributed by atoms with E-state index in [1.165, 1.54) is 28.7 Å². The van der Waals surface area contributed by atoms with Gasteiger partial charge >= 0.3 is 5.97 Å². The molecule has 0 aromatic heterocycles. The number of benzene rings is 2. The number of fused-ring (bicyclic) bond motifs is 1. The molecule has 0 N–H and O–H groups in total. The van der Waals surface area contributed by atoms with E-state index in [9.17, 15) is 4.79 Å². The molecule has 0 aliphatic heterocycles. The van der Waals surface area contributed by atoms with Crippen LogP contribution in [0, 0.1) is 5.41 Å². The highest BCUT2D eigenvalue weighted by Crippen LogP contribution is 2.36. The van der Waals surface area contributed by atoms with Gasteiger partial charge in [-0.05, 0) is 86.8 Å². The average Bonchev–Trinajstić information content (AvgIpc) is 2.61. The van der Waals surface area contributed by atoms with Crippen LogP contribution in [0.1, 0.15) is 68.7 Å². The summed E-state index contributed by atoms with van der Waals surface area (Å²) in [7, 11) is 0. The van der Waals surface area contributed by atoms with Crippen LogP contribution in [0.4, 0.5) is 0 Å². The number of carbonyl (C=O) groups excluding carboxylic acids is 1. The Bertz CT molecular complexity index is 783. The predicted octanol–water partition coefficient (Wildman–Crippen LogP) is 5.86.